The van der Waals surface area contributed by atoms with Crippen LogP contribution >= 0.6 is 11.3 Å². The van der Waals surface area contributed by atoms with Crippen molar-refractivity contribution in [1.29, 1.82) is 0 Å². The Balaban J connectivity index is 1.52. The van der Waals surface area contributed by atoms with E-state index in [0.717, 1.165) is 37.2 Å². The van der Waals surface area contributed by atoms with Gasteiger partial charge in [0.1, 0.15) is 0 Å². The van der Waals surface area contributed by atoms with Crippen LogP contribution < -0.4 is 5.32 Å². The average molecular weight is 318 g/mol. The summed E-state index contributed by atoms with van der Waals surface area (Å²) in [6.45, 7) is 2.32. The van der Waals surface area contributed by atoms with E-state index in [1.54, 1.807) is 11.3 Å². The Kier molecular flexibility index (Phi) is 3.77. The quantitative estimate of drug-likeness (QED) is 0.908. The number of hydrogen-bond acceptors (Lipinski definition) is 3. The lowest BCUT2D eigenvalue weighted by Gasteiger charge is -2.35. The fourth-order valence-corrected chi connectivity index (χ4v) is 5.79. The smallest absolute Gasteiger partial charge is 0.254 e. The molecule has 0 radical (unpaired) electrons. The number of carbonyl (C=O) groups is 1. The number of hydrogen-bond donors (Lipinski definition) is 1. The van der Waals surface area contributed by atoms with Gasteiger partial charge in [0.15, 0.2) is 0 Å². The molecule has 4 heteroatoms. The van der Waals surface area contributed by atoms with Gasteiger partial charge >= 0.3 is 0 Å². The lowest BCUT2D eigenvalue weighted by Crippen LogP contribution is -2.48. The molecule has 1 aromatic heterocycles. The third kappa shape index (κ3) is 2.50. The van der Waals surface area contributed by atoms with Crippen molar-refractivity contribution in [1.82, 2.24) is 10.2 Å². The summed E-state index contributed by atoms with van der Waals surface area (Å²) in [6, 6.07) is 1.69. The summed E-state index contributed by atoms with van der Waals surface area (Å²) < 4.78 is 0. The predicted octanol–water partition coefficient (Wildman–Crippen LogP) is 3.23. The van der Waals surface area contributed by atoms with Crippen molar-refractivity contribution in [2.45, 2.75) is 70.0 Å². The maximum absolute atomic E-state index is 13.0. The van der Waals surface area contributed by atoms with Gasteiger partial charge in [0, 0.05) is 35.4 Å². The Hall–Kier alpha value is -0.870. The first-order chi connectivity index (χ1) is 10.6. The van der Waals surface area contributed by atoms with E-state index in [-0.39, 0.29) is 5.91 Å². The Bertz CT molecular complexity index is 570. The Morgan fingerprint density at radius 3 is 2.73 bits per heavy atom. The number of nitrogens with one attached hydrogen (secondary N) is 1. The topological polar surface area (TPSA) is 32.3 Å². The third-order valence-corrected chi connectivity index (χ3v) is 7.00. The molecule has 3 heterocycles. The molecule has 2 aliphatic heterocycles. The lowest BCUT2D eigenvalue weighted by atomic mass is 9.88. The van der Waals surface area contributed by atoms with Crippen molar-refractivity contribution in [2.24, 2.45) is 5.92 Å². The summed E-state index contributed by atoms with van der Waals surface area (Å²) in [4.78, 5) is 16.5. The molecule has 120 valence electrons. The van der Waals surface area contributed by atoms with Crippen LogP contribution in [-0.4, -0.2) is 36.0 Å². The molecule has 1 aliphatic carbocycles. The van der Waals surface area contributed by atoms with E-state index in [1.165, 1.54) is 29.7 Å². The number of rotatable bonds is 2. The van der Waals surface area contributed by atoms with Crippen LogP contribution in [0.1, 0.15) is 59.8 Å². The van der Waals surface area contributed by atoms with Crippen LogP contribution in [0.2, 0.25) is 0 Å². The highest BCUT2D eigenvalue weighted by Gasteiger charge is 2.37. The van der Waals surface area contributed by atoms with Crippen molar-refractivity contribution in [3.8, 4) is 0 Å². The highest BCUT2D eigenvalue weighted by molar-refractivity contribution is 7.10. The molecule has 1 aromatic rings. The van der Waals surface area contributed by atoms with Crippen LogP contribution in [-0.2, 0) is 12.8 Å². The van der Waals surface area contributed by atoms with Gasteiger partial charge in [-0.1, -0.05) is 6.92 Å². The molecule has 22 heavy (non-hydrogen) atoms. The van der Waals surface area contributed by atoms with Gasteiger partial charge in [-0.25, -0.2) is 0 Å². The van der Waals surface area contributed by atoms with Gasteiger partial charge in [0.05, 0.1) is 5.56 Å². The molecule has 3 nitrogen and oxygen atoms in total. The molecule has 3 aliphatic rings. The van der Waals surface area contributed by atoms with Gasteiger partial charge < -0.3 is 10.2 Å². The van der Waals surface area contributed by atoms with Gasteiger partial charge in [-0.3, -0.25) is 4.79 Å². The lowest BCUT2D eigenvalue weighted by molar-refractivity contribution is 0.0681. The molecule has 2 saturated heterocycles. The number of fused-ring (bicyclic) bond motifs is 3. The van der Waals surface area contributed by atoms with Crippen molar-refractivity contribution < 1.29 is 4.79 Å². The second-order valence-electron chi connectivity index (χ2n) is 7.58. The Labute approximate surface area is 137 Å². The predicted molar refractivity (Wildman–Crippen MR) is 90.6 cm³/mol. The highest BCUT2D eigenvalue weighted by Crippen LogP contribution is 2.35. The Morgan fingerprint density at radius 2 is 2.00 bits per heavy atom. The SMILES string of the molecule is CC1CCc2c(C(=O)N(C)C3CC4CCC(C3)N4)csc2C1. The molecule has 2 bridgehead atoms. The number of amides is 1. The van der Waals surface area contributed by atoms with Gasteiger partial charge in [-0.05, 0) is 56.4 Å². The molecule has 0 aromatic carbocycles. The summed E-state index contributed by atoms with van der Waals surface area (Å²) in [5, 5.41) is 5.79. The molecule has 4 rings (SSSR count). The summed E-state index contributed by atoms with van der Waals surface area (Å²) >= 11 is 1.80. The molecule has 3 unspecified atom stereocenters. The van der Waals surface area contributed by atoms with Crippen LogP contribution in [0.3, 0.4) is 0 Å². The fraction of sp³-hybridized carbons (Fsp3) is 0.722. The van der Waals surface area contributed by atoms with Crippen LogP contribution in [0.25, 0.3) is 0 Å². The van der Waals surface area contributed by atoms with Crippen LogP contribution in [0.15, 0.2) is 5.38 Å². The van der Waals surface area contributed by atoms with E-state index >= 15 is 0 Å². The van der Waals surface area contributed by atoms with Crippen molar-refractivity contribution in [3.05, 3.63) is 21.4 Å². The first-order valence-electron chi connectivity index (χ1n) is 8.74. The van der Waals surface area contributed by atoms with Crippen LogP contribution in [0.5, 0.6) is 0 Å². The normalized spacial score (nSPS) is 33.5. The highest BCUT2D eigenvalue weighted by atomic mass is 32.1. The Morgan fingerprint density at radius 1 is 1.27 bits per heavy atom. The summed E-state index contributed by atoms with van der Waals surface area (Å²) in [6.07, 6.45) is 8.31. The largest absolute Gasteiger partial charge is 0.339 e. The summed E-state index contributed by atoms with van der Waals surface area (Å²) in [5.41, 5.74) is 2.36. The van der Waals surface area contributed by atoms with Crippen LogP contribution in [0, 0.1) is 5.92 Å². The molecule has 1 amide bonds. The maximum atomic E-state index is 13.0. The number of thiophene rings is 1. The minimum absolute atomic E-state index is 0.262. The zero-order valence-corrected chi connectivity index (χ0v) is 14.4. The van der Waals surface area contributed by atoms with E-state index < -0.39 is 0 Å². The molecule has 2 fully saturated rings. The first-order valence-corrected chi connectivity index (χ1v) is 9.62. The van der Waals surface area contributed by atoms with Crippen molar-refractivity contribution in [2.75, 3.05) is 7.05 Å². The number of piperidine rings is 1. The fourth-order valence-electron chi connectivity index (χ4n) is 4.56. The zero-order valence-electron chi connectivity index (χ0n) is 13.6. The van der Waals surface area contributed by atoms with E-state index in [9.17, 15) is 4.79 Å². The molecular formula is C18H26N2OS. The maximum Gasteiger partial charge on any atom is 0.254 e. The third-order valence-electron chi connectivity index (χ3n) is 5.95. The summed E-state index contributed by atoms with van der Waals surface area (Å²) in [7, 11) is 2.02. The average Bonchev–Trinajstić information content (AvgIpc) is 3.08. The minimum atomic E-state index is 0.262. The van der Waals surface area contributed by atoms with E-state index in [2.05, 4.69) is 17.6 Å². The second kappa shape index (κ2) is 5.64. The molecule has 0 saturated carbocycles. The van der Waals surface area contributed by atoms with E-state index in [4.69, 9.17) is 0 Å². The van der Waals surface area contributed by atoms with Gasteiger partial charge in [-0.15, -0.1) is 11.3 Å². The number of nitrogens with zero attached hydrogens (tertiary/aromatic N) is 1. The molecule has 0 spiro atoms. The first kappa shape index (κ1) is 14.7. The molecule has 1 N–H and O–H groups in total. The van der Waals surface area contributed by atoms with E-state index in [0.29, 0.717) is 18.1 Å². The number of carbonyl (C=O) groups excluding carboxylic acids is 1. The van der Waals surface area contributed by atoms with Gasteiger partial charge in [-0.2, -0.15) is 0 Å². The monoisotopic (exact) mass is 318 g/mol. The van der Waals surface area contributed by atoms with E-state index in [1.807, 2.05) is 11.9 Å². The standard InChI is InChI=1S/C18H26N2OS/c1-11-3-6-15-16(10-22-17(15)7-11)18(21)20(2)14-8-12-4-5-13(9-14)19-12/h10-14,19H,3-9H2,1-2H3. The molecular weight excluding hydrogens is 292 g/mol. The van der Waals surface area contributed by atoms with Crippen LogP contribution in [0.4, 0.5) is 0 Å². The zero-order chi connectivity index (χ0) is 15.3. The second-order valence-corrected chi connectivity index (χ2v) is 8.54. The molecule has 3 atom stereocenters. The minimum Gasteiger partial charge on any atom is -0.339 e. The van der Waals surface area contributed by atoms with Crippen molar-refractivity contribution in [3.63, 3.8) is 0 Å². The van der Waals surface area contributed by atoms with Gasteiger partial charge in [0.2, 0.25) is 0 Å². The van der Waals surface area contributed by atoms with Gasteiger partial charge in [0.25, 0.3) is 5.91 Å². The summed E-state index contributed by atoms with van der Waals surface area (Å²) in [5.74, 6) is 1.03. The van der Waals surface area contributed by atoms with Crippen molar-refractivity contribution >= 4 is 17.2 Å².